The van der Waals surface area contributed by atoms with Crippen molar-refractivity contribution in [1.82, 2.24) is 10.6 Å². The van der Waals surface area contributed by atoms with Gasteiger partial charge in [0, 0.05) is 31.1 Å². The van der Waals surface area contributed by atoms with Gasteiger partial charge in [-0.15, -0.1) is 0 Å². The molecule has 0 atom stereocenters. The summed E-state index contributed by atoms with van der Waals surface area (Å²) in [6.45, 7) is 0.734. The van der Waals surface area contributed by atoms with E-state index in [0.717, 1.165) is 36.9 Å². The first-order valence-corrected chi connectivity index (χ1v) is 9.22. The predicted octanol–water partition coefficient (Wildman–Crippen LogP) is 1.37. The molecule has 1 aromatic carbocycles. The average Bonchev–Trinajstić information content (AvgIpc) is 3.18. The number of carbonyl (C=O) groups is 3. The van der Waals surface area contributed by atoms with Crippen molar-refractivity contribution in [2.24, 2.45) is 5.92 Å². The van der Waals surface area contributed by atoms with Crippen molar-refractivity contribution >= 4 is 23.4 Å². The minimum absolute atomic E-state index is 0.0190. The van der Waals surface area contributed by atoms with Crippen LogP contribution in [0.15, 0.2) is 18.2 Å². The van der Waals surface area contributed by atoms with Crippen molar-refractivity contribution in [3.8, 4) is 5.75 Å². The molecule has 1 aliphatic carbocycles. The summed E-state index contributed by atoms with van der Waals surface area (Å²) in [4.78, 5) is 35.1. The molecule has 0 aromatic heterocycles. The number of hydrogen-bond donors (Lipinski definition) is 3. The third-order valence-corrected chi connectivity index (χ3v) is 4.81. The number of amides is 3. The van der Waals surface area contributed by atoms with Crippen molar-refractivity contribution in [3.05, 3.63) is 23.8 Å². The monoisotopic (exact) mass is 359 g/mol. The van der Waals surface area contributed by atoms with Gasteiger partial charge in [-0.3, -0.25) is 14.4 Å². The smallest absolute Gasteiger partial charge is 0.258 e. The van der Waals surface area contributed by atoms with E-state index in [0.29, 0.717) is 31.7 Å². The Kier molecular flexibility index (Phi) is 6.09. The number of anilines is 1. The second kappa shape index (κ2) is 8.69. The fourth-order valence-corrected chi connectivity index (χ4v) is 3.37. The van der Waals surface area contributed by atoms with E-state index < -0.39 is 0 Å². The molecule has 0 bridgehead atoms. The number of rotatable bonds is 7. The molecule has 3 N–H and O–H groups in total. The van der Waals surface area contributed by atoms with E-state index in [-0.39, 0.29) is 30.2 Å². The minimum atomic E-state index is -0.230. The molecule has 3 rings (SSSR count). The van der Waals surface area contributed by atoms with Gasteiger partial charge in [-0.25, -0.2) is 0 Å². The highest BCUT2D eigenvalue weighted by Crippen LogP contribution is 2.26. The molecule has 1 fully saturated rings. The number of ether oxygens (including phenoxy) is 1. The van der Waals surface area contributed by atoms with E-state index in [1.165, 1.54) is 0 Å². The van der Waals surface area contributed by atoms with Gasteiger partial charge in [0.05, 0.1) is 0 Å². The van der Waals surface area contributed by atoms with Gasteiger partial charge in [0.1, 0.15) is 5.75 Å². The number of aryl methyl sites for hydroxylation is 1. The SMILES string of the molecule is O=C(COc1ccc2c(c1)CCC(=O)N2)NCCNC(=O)C1CCCC1. The molecule has 0 spiro atoms. The standard InChI is InChI=1S/C19H25N3O4/c23-17-8-5-14-11-15(6-7-16(14)22-17)26-12-18(24)20-9-10-21-19(25)13-3-1-2-4-13/h6-7,11,13H,1-5,8-10,12H2,(H,20,24)(H,21,25)(H,22,23). The summed E-state index contributed by atoms with van der Waals surface area (Å²) < 4.78 is 5.51. The number of carbonyl (C=O) groups excluding carboxylic acids is 3. The molecule has 26 heavy (non-hydrogen) atoms. The van der Waals surface area contributed by atoms with Crippen LogP contribution in [-0.2, 0) is 20.8 Å². The molecule has 7 nitrogen and oxygen atoms in total. The minimum Gasteiger partial charge on any atom is -0.484 e. The largest absolute Gasteiger partial charge is 0.484 e. The first-order valence-electron chi connectivity index (χ1n) is 9.22. The maximum absolute atomic E-state index is 11.9. The van der Waals surface area contributed by atoms with Gasteiger partial charge in [-0.2, -0.15) is 0 Å². The summed E-state index contributed by atoms with van der Waals surface area (Å²) in [5.41, 5.74) is 1.81. The lowest BCUT2D eigenvalue weighted by molar-refractivity contribution is -0.125. The summed E-state index contributed by atoms with van der Waals surface area (Å²) in [5.74, 6) is 0.623. The number of benzene rings is 1. The van der Waals surface area contributed by atoms with Gasteiger partial charge in [0.25, 0.3) is 5.91 Å². The molecular weight excluding hydrogens is 334 g/mol. The molecule has 0 unspecified atom stereocenters. The van der Waals surface area contributed by atoms with Crippen molar-refractivity contribution in [2.75, 3.05) is 25.0 Å². The van der Waals surface area contributed by atoms with E-state index in [2.05, 4.69) is 16.0 Å². The van der Waals surface area contributed by atoms with E-state index >= 15 is 0 Å². The zero-order chi connectivity index (χ0) is 18.4. The van der Waals surface area contributed by atoms with Gasteiger partial charge < -0.3 is 20.7 Å². The van der Waals surface area contributed by atoms with Crippen LogP contribution < -0.4 is 20.7 Å². The van der Waals surface area contributed by atoms with E-state index in [9.17, 15) is 14.4 Å². The van der Waals surface area contributed by atoms with Crippen LogP contribution in [0.3, 0.4) is 0 Å². The lowest BCUT2D eigenvalue weighted by Gasteiger charge is -2.17. The van der Waals surface area contributed by atoms with Crippen LogP contribution in [-0.4, -0.2) is 37.4 Å². The van der Waals surface area contributed by atoms with Crippen molar-refractivity contribution in [2.45, 2.75) is 38.5 Å². The van der Waals surface area contributed by atoms with E-state index in [1.807, 2.05) is 6.07 Å². The quantitative estimate of drug-likeness (QED) is 0.641. The molecule has 1 aliphatic heterocycles. The number of hydrogen-bond acceptors (Lipinski definition) is 4. The van der Waals surface area contributed by atoms with Gasteiger partial charge in [0.2, 0.25) is 11.8 Å². The summed E-state index contributed by atoms with van der Waals surface area (Å²) in [6, 6.07) is 5.38. The highest BCUT2D eigenvalue weighted by molar-refractivity contribution is 5.94. The van der Waals surface area contributed by atoms with Crippen LogP contribution in [0.1, 0.15) is 37.7 Å². The van der Waals surface area contributed by atoms with Crippen LogP contribution in [0.25, 0.3) is 0 Å². The summed E-state index contributed by atoms with van der Waals surface area (Å²) in [6.07, 6.45) is 5.32. The van der Waals surface area contributed by atoms with Crippen LogP contribution in [0.4, 0.5) is 5.69 Å². The molecule has 2 aliphatic rings. The molecule has 1 saturated carbocycles. The van der Waals surface area contributed by atoms with Gasteiger partial charge in [-0.05, 0) is 43.0 Å². The van der Waals surface area contributed by atoms with Crippen LogP contribution in [0, 0.1) is 5.92 Å². The Morgan fingerprint density at radius 2 is 1.88 bits per heavy atom. The van der Waals surface area contributed by atoms with Crippen molar-refractivity contribution < 1.29 is 19.1 Å². The molecule has 1 aromatic rings. The third-order valence-electron chi connectivity index (χ3n) is 4.81. The normalized spacial score (nSPS) is 16.5. The Bertz CT molecular complexity index is 683. The third kappa shape index (κ3) is 4.97. The highest BCUT2D eigenvalue weighted by Gasteiger charge is 2.22. The van der Waals surface area contributed by atoms with E-state index in [1.54, 1.807) is 12.1 Å². The van der Waals surface area contributed by atoms with Crippen LogP contribution >= 0.6 is 0 Å². The van der Waals surface area contributed by atoms with Crippen LogP contribution in [0.5, 0.6) is 5.75 Å². The molecule has 0 saturated heterocycles. The van der Waals surface area contributed by atoms with Crippen molar-refractivity contribution in [1.29, 1.82) is 0 Å². The Labute approximate surface area is 152 Å². The zero-order valence-electron chi connectivity index (χ0n) is 14.8. The van der Waals surface area contributed by atoms with Gasteiger partial charge in [0.15, 0.2) is 6.61 Å². The molecule has 140 valence electrons. The lowest BCUT2D eigenvalue weighted by Crippen LogP contribution is -2.38. The molecule has 7 heteroatoms. The first-order chi connectivity index (χ1) is 12.6. The van der Waals surface area contributed by atoms with Gasteiger partial charge >= 0.3 is 0 Å². The summed E-state index contributed by atoms with van der Waals surface area (Å²) >= 11 is 0. The maximum atomic E-state index is 11.9. The topological polar surface area (TPSA) is 96.5 Å². The second-order valence-corrected chi connectivity index (χ2v) is 6.78. The van der Waals surface area contributed by atoms with Gasteiger partial charge in [-0.1, -0.05) is 12.8 Å². The Morgan fingerprint density at radius 3 is 2.69 bits per heavy atom. The second-order valence-electron chi connectivity index (χ2n) is 6.78. The lowest BCUT2D eigenvalue weighted by atomic mass is 10.0. The van der Waals surface area contributed by atoms with Crippen LogP contribution in [0.2, 0.25) is 0 Å². The number of fused-ring (bicyclic) bond motifs is 1. The molecule has 0 radical (unpaired) electrons. The molecule has 3 amide bonds. The highest BCUT2D eigenvalue weighted by atomic mass is 16.5. The predicted molar refractivity (Wildman–Crippen MR) is 96.9 cm³/mol. The summed E-state index contributed by atoms with van der Waals surface area (Å²) in [7, 11) is 0. The Balaban J connectivity index is 1.34. The summed E-state index contributed by atoms with van der Waals surface area (Å²) in [5, 5.41) is 8.40. The average molecular weight is 359 g/mol. The Morgan fingerprint density at radius 1 is 1.12 bits per heavy atom. The zero-order valence-corrected chi connectivity index (χ0v) is 14.8. The fourth-order valence-electron chi connectivity index (χ4n) is 3.37. The number of nitrogens with one attached hydrogen (secondary N) is 3. The molecular formula is C19H25N3O4. The molecule has 1 heterocycles. The maximum Gasteiger partial charge on any atom is 0.258 e. The van der Waals surface area contributed by atoms with Crippen molar-refractivity contribution in [3.63, 3.8) is 0 Å². The van der Waals surface area contributed by atoms with E-state index in [4.69, 9.17) is 4.74 Å². The first kappa shape index (κ1) is 18.2. The fraction of sp³-hybridized carbons (Fsp3) is 0.526. The Hall–Kier alpha value is -2.57.